The van der Waals surface area contributed by atoms with Gasteiger partial charge in [-0.05, 0) is 43.2 Å². The van der Waals surface area contributed by atoms with Gasteiger partial charge in [-0.1, -0.05) is 18.9 Å². The Labute approximate surface area is 162 Å². The summed E-state index contributed by atoms with van der Waals surface area (Å²) < 4.78 is 0. The third-order valence-electron chi connectivity index (χ3n) is 6.53. The number of pyridine rings is 1. The second kappa shape index (κ2) is 9.13. The first kappa shape index (κ1) is 18.8. The molecule has 2 N–H and O–H groups in total. The van der Waals surface area contributed by atoms with E-state index >= 15 is 0 Å². The Balaban J connectivity index is 1.22. The number of carbonyl (C=O) groups is 1. The highest BCUT2D eigenvalue weighted by Gasteiger charge is 2.37. The van der Waals surface area contributed by atoms with E-state index in [2.05, 4.69) is 31.7 Å². The van der Waals surface area contributed by atoms with Crippen molar-refractivity contribution in [3.8, 4) is 0 Å². The van der Waals surface area contributed by atoms with Gasteiger partial charge in [-0.15, -0.1) is 0 Å². The van der Waals surface area contributed by atoms with Gasteiger partial charge >= 0.3 is 0 Å². The summed E-state index contributed by atoms with van der Waals surface area (Å²) in [6.45, 7) is 4.67. The van der Waals surface area contributed by atoms with Crippen LogP contribution >= 0.6 is 0 Å². The van der Waals surface area contributed by atoms with Gasteiger partial charge in [-0.3, -0.25) is 25.5 Å². The molecule has 3 heterocycles. The third kappa shape index (κ3) is 4.86. The number of carbonyl (C=O) groups excluding carboxylic acids is 1. The highest BCUT2D eigenvalue weighted by molar-refractivity contribution is 5.76. The maximum absolute atomic E-state index is 12.8. The van der Waals surface area contributed by atoms with E-state index in [0.29, 0.717) is 30.3 Å². The molecule has 2 aliphatic heterocycles. The van der Waals surface area contributed by atoms with Crippen molar-refractivity contribution in [2.45, 2.75) is 63.6 Å². The average molecular weight is 372 g/mol. The van der Waals surface area contributed by atoms with E-state index in [-0.39, 0.29) is 0 Å². The first-order valence-corrected chi connectivity index (χ1v) is 10.7. The highest BCUT2D eigenvalue weighted by Crippen LogP contribution is 2.31. The second-order valence-corrected chi connectivity index (χ2v) is 8.36. The molecule has 3 atom stereocenters. The van der Waals surface area contributed by atoms with E-state index < -0.39 is 0 Å². The molecule has 148 valence electrons. The van der Waals surface area contributed by atoms with Crippen LogP contribution in [0.15, 0.2) is 24.5 Å². The lowest BCUT2D eigenvalue weighted by molar-refractivity contribution is -0.131. The number of amides is 1. The Morgan fingerprint density at radius 3 is 2.93 bits per heavy atom. The van der Waals surface area contributed by atoms with Crippen LogP contribution in [-0.4, -0.2) is 59.0 Å². The van der Waals surface area contributed by atoms with Crippen molar-refractivity contribution in [3.05, 3.63) is 30.1 Å². The fourth-order valence-corrected chi connectivity index (χ4v) is 4.99. The summed E-state index contributed by atoms with van der Waals surface area (Å²) >= 11 is 0. The summed E-state index contributed by atoms with van der Waals surface area (Å²) in [6, 6.07) is 5.21. The van der Waals surface area contributed by atoms with Crippen LogP contribution in [0.25, 0.3) is 0 Å². The Hall–Kier alpha value is -1.50. The molecule has 3 unspecified atom stereocenters. The highest BCUT2D eigenvalue weighted by atomic mass is 16.2. The van der Waals surface area contributed by atoms with Crippen LogP contribution < -0.4 is 10.9 Å². The van der Waals surface area contributed by atoms with Gasteiger partial charge in [0.05, 0.1) is 0 Å². The fourth-order valence-electron chi connectivity index (χ4n) is 4.99. The van der Waals surface area contributed by atoms with Crippen molar-refractivity contribution in [1.29, 1.82) is 0 Å². The Morgan fingerprint density at radius 1 is 1.11 bits per heavy atom. The average Bonchev–Trinajstić information content (AvgIpc) is 2.97. The second-order valence-electron chi connectivity index (χ2n) is 8.36. The fraction of sp³-hybridized carbons (Fsp3) is 0.714. The van der Waals surface area contributed by atoms with E-state index in [1.54, 1.807) is 0 Å². The van der Waals surface area contributed by atoms with Gasteiger partial charge in [0.2, 0.25) is 5.91 Å². The number of rotatable bonds is 5. The molecule has 1 amide bonds. The minimum absolute atomic E-state index is 0.333. The van der Waals surface area contributed by atoms with Gasteiger partial charge in [0.25, 0.3) is 0 Å². The van der Waals surface area contributed by atoms with Gasteiger partial charge in [-0.25, -0.2) is 0 Å². The van der Waals surface area contributed by atoms with Crippen LogP contribution in [0.5, 0.6) is 0 Å². The van der Waals surface area contributed by atoms with E-state index in [1.807, 2.05) is 18.5 Å². The van der Waals surface area contributed by atoms with Crippen molar-refractivity contribution < 1.29 is 4.79 Å². The van der Waals surface area contributed by atoms with Crippen LogP contribution in [0.4, 0.5) is 0 Å². The summed E-state index contributed by atoms with van der Waals surface area (Å²) in [6.07, 6.45) is 11.7. The zero-order valence-electron chi connectivity index (χ0n) is 16.3. The molecule has 2 saturated heterocycles. The molecule has 27 heavy (non-hydrogen) atoms. The number of aromatic nitrogens is 1. The van der Waals surface area contributed by atoms with Gasteiger partial charge in [0.15, 0.2) is 0 Å². The molecule has 4 rings (SSSR count). The van der Waals surface area contributed by atoms with E-state index in [1.165, 1.54) is 31.2 Å². The number of nitrogens with zero attached hydrogens (tertiary/aromatic N) is 3. The zero-order chi connectivity index (χ0) is 18.5. The van der Waals surface area contributed by atoms with Crippen molar-refractivity contribution in [1.82, 2.24) is 25.6 Å². The predicted molar refractivity (Wildman–Crippen MR) is 106 cm³/mol. The van der Waals surface area contributed by atoms with Crippen LogP contribution in [0.2, 0.25) is 0 Å². The van der Waals surface area contributed by atoms with Gasteiger partial charge < -0.3 is 4.90 Å². The number of hydrogen-bond donors (Lipinski definition) is 2. The van der Waals surface area contributed by atoms with Crippen molar-refractivity contribution in [2.24, 2.45) is 5.92 Å². The van der Waals surface area contributed by atoms with Gasteiger partial charge in [0.1, 0.15) is 0 Å². The first-order chi connectivity index (χ1) is 13.3. The summed E-state index contributed by atoms with van der Waals surface area (Å²) in [4.78, 5) is 21.5. The topological polar surface area (TPSA) is 60.5 Å². The maximum atomic E-state index is 12.8. The lowest BCUT2D eigenvalue weighted by atomic mass is 9.80. The third-order valence-corrected chi connectivity index (χ3v) is 6.53. The maximum Gasteiger partial charge on any atom is 0.222 e. The SMILES string of the molecule is O=C(CCC1NNC2CCCCC21)N1CCCN(Cc2cccnc2)CC1. The lowest BCUT2D eigenvalue weighted by Crippen LogP contribution is -2.37. The Kier molecular flexibility index (Phi) is 6.37. The number of hydrazine groups is 1. The largest absolute Gasteiger partial charge is 0.341 e. The molecule has 1 aliphatic carbocycles. The van der Waals surface area contributed by atoms with Crippen LogP contribution in [-0.2, 0) is 11.3 Å². The molecule has 6 nitrogen and oxygen atoms in total. The lowest BCUT2D eigenvalue weighted by Gasteiger charge is -2.27. The Morgan fingerprint density at radius 2 is 2.04 bits per heavy atom. The molecule has 3 fully saturated rings. The molecule has 6 heteroatoms. The molecule has 1 saturated carbocycles. The van der Waals surface area contributed by atoms with E-state index in [0.717, 1.165) is 45.6 Å². The first-order valence-electron chi connectivity index (χ1n) is 10.7. The molecule has 0 aromatic carbocycles. The summed E-state index contributed by atoms with van der Waals surface area (Å²) in [5, 5.41) is 0. The number of nitrogens with one attached hydrogen (secondary N) is 2. The van der Waals surface area contributed by atoms with Crippen molar-refractivity contribution in [2.75, 3.05) is 26.2 Å². The standard InChI is InChI=1S/C21H33N5O/c27-21(9-8-20-18-6-1-2-7-19(18)23-24-20)26-12-4-11-25(13-14-26)16-17-5-3-10-22-15-17/h3,5,10,15,18-20,23-24H,1-2,4,6-9,11-14,16H2. The molecule has 0 radical (unpaired) electrons. The quantitative estimate of drug-likeness (QED) is 0.828. The minimum Gasteiger partial charge on any atom is -0.341 e. The van der Waals surface area contributed by atoms with Crippen LogP contribution in [0, 0.1) is 5.92 Å². The molecule has 0 spiro atoms. The molecule has 0 bridgehead atoms. The molecule has 3 aliphatic rings. The summed E-state index contributed by atoms with van der Waals surface area (Å²) in [5.41, 5.74) is 8.18. The number of fused-ring (bicyclic) bond motifs is 1. The molecule has 1 aromatic rings. The van der Waals surface area contributed by atoms with Crippen molar-refractivity contribution >= 4 is 5.91 Å². The van der Waals surface area contributed by atoms with Crippen LogP contribution in [0.1, 0.15) is 50.5 Å². The van der Waals surface area contributed by atoms with E-state index in [4.69, 9.17) is 0 Å². The zero-order valence-corrected chi connectivity index (χ0v) is 16.3. The molecular weight excluding hydrogens is 338 g/mol. The smallest absolute Gasteiger partial charge is 0.222 e. The predicted octanol–water partition coefficient (Wildman–Crippen LogP) is 1.93. The minimum atomic E-state index is 0.333. The Bertz CT molecular complexity index is 610. The molecular formula is C21H33N5O. The van der Waals surface area contributed by atoms with Gasteiger partial charge in [-0.2, -0.15) is 0 Å². The monoisotopic (exact) mass is 371 g/mol. The van der Waals surface area contributed by atoms with Crippen LogP contribution in [0.3, 0.4) is 0 Å². The van der Waals surface area contributed by atoms with Crippen molar-refractivity contribution in [3.63, 3.8) is 0 Å². The summed E-state index contributed by atoms with van der Waals surface area (Å²) in [7, 11) is 0. The van der Waals surface area contributed by atoms with Gasteiger partial charge in [0, 0.05) is 63.6 Å². The normalized spacial score (nSPS) is 29.3. The molecule has 1 aromatic heterocycles. The summed E-state index contributed by atoms with van der Waals surface area (Å²) in [5.74, 6) is 1.05. The van der Waals surface area contributed by atoms with E-state index in [9.17, 15) is 4.79 Å². The number of hydrogen-bond acceptors (Lipinski definition) is 5.